The van der Waals surface area contributed by atoms with Crippen LogP contribution in [0.1, 0.15) is 31.2 Å². The minimum absolute atomic E-state index is 0.00906. The number of carbonyl (C=O) groups excluding carboxylic acids is 1. The van der Waals surface area contributed by atoms with Gasteiger partial charge in [0.05, 0.1) is 12.0 Å². The average molecular weight is 338 g/mol. The van der Waals surface area contributed by atoms with E-state index in [2.05, 4.69) is 21.2 Å². The van der Waals surface area contributed by atoms with E-state index in [4.69, 9.17) is 5.11 Å². The molecule has 20 heavy (non-hydrogen) atoms. The Balaban J connectivity index is 1.94. The van der Waals surface area contributed by atoms with E-state index < -0.39 is 11.5 Å². The van der Waals surface area contributed by atoms with E-state index in [-0.39, 0.29) is 12.3 Å². The molecule has 106 valence electrons. The fourth-order valence-electron chi connectivity index (χ4n) is 2.29. The predicted molar refractivity (Wildman–Crippen MR) is 80.2 cm³/mol. The van der Waals surface area contributed by atoms with Gasteiger partial charge in [-0.05, 0) is 43.0 Å². The van der Waals surface area contributed by atoms with Crippen molar-refractivity contribution in [3.8, 4) is 0 Å². The Labute approximate surface area is 126 Å². The maximum Gasteiger partial charge on any atom is 0.305 e. The smallest absolute Gasteiger partial charge is 0.305 e. The van der Waals surface area contributed by atoms with Gasteiger partial charge in [0, 0.05) is 10.5 Å². The fourth-order valence-corrected chi connectivity index (χ4v) is 2.55. The Morgan fingerprint density at radius 1 is 1.30 bits per heavy atom. The van der Waals surface area contributed by atoms with E-state index in [0.29, 0.717) is 0 Å². The molecule has 0 heterocycles. The number of carboxylic acids is 1. The minimum Gasteiger partial charge on any atom is -0.481 e. The highest BCUT2D eigenvalue weighted by Gasteiger charge is 2.39. The van der Waals surface area contributed by atoms with Gasteiger partial charge < -0.3 is 10.4 Å². The Morgan fingerprint density at radius 3 is 2.45 bits per heavy atom. The first-order valence-corrected chi connectivity index (χ1v) is 7.26. The molecule has 0 spiro atoms. The highest BCUT2D eigenvalue weighted by Crippen LogP contribution is 2.34. The van der Waals surface area contributed by atoms with Gasteiger partial charge in [0.25, 0.3) is 0 Å². The van der Waals surface area contributed by atoms with Crippen LogP contribution in [0.4, 0.5) is 0 Å². The van der Waals surface area contributed by atoms with Crippen molar-refractivity contribution in [2.24, 2.45) is 0 Å². The fraction of sp³-hybridized carbons (Fsp3) is 0.333. The van der Waals surface area contributed by atoms with Crippen LogP contribution >= 0.6 is 15.9 Å². The molecular formula is C15H16BrNO3. The van der Waals surface area contributed by atoms with Gasteiger partial charge in [0.1, 0.15) is 0 Å². The summed E-state index contributed by atoms with van der Waals surface area (Å²) in [5, 5.41) is 11.7. The number of hydrogen-bond acceptors (Lipinski definition) is 2. The molecule has 1 aliphatic carbocycles. The average Bonchev–Trinajstić information content (AvgIpc) is 2.35. The number of carbonyl (C=O) groups is 2. The number of aliphatic carboxylic acids is 1. The zero-order valence-electron chi connectivity index (χ0n) is 10.9. The SMILES string of the molecule is O=C(O)CC1(NC(=O)C=Cc2ccc(Br)cc2)CCC1. The van der Waals surface area contributed by atoms with Crippen molar-refractivity contribution in [3.63, 3.8) is 0 Å². The summed E-state index contributed by atoms with van der Waals surface area (Å²) in [5.74, 6) is -1.12. The second-order valence-corrected chi connectivity index (χ2v) is 5.99. The lowest BCUT2D eigenvalue weighted by Crippen LogP contribution is -2.54. The van der Waals surface area contributed by atoms with Gasteiger partial charge in [-0.25, -0.2) is 0 Å². The summed E-state index contributed by atoms with van der Waals surface area (Å²) in [6.45, 7) is 0. The lowest BCUT2D eigenvalue weighted by Gasteiger charge is -2.41. The van der Waals surface area contributed by atoms with Crippen molar-refractivity contribution in [2.45, 2.75) is 31.2 Å². The van der Waals surface area contributed by atoms with Crippen LogP contribution in [0.3, 0.4) is 0 Å². The molecule has 0 unspecified atom stereocenters. The first-order chi connectivity index (χ1) is 9.49. The Hall–Kier alpha value is -1.62. The summed E-state index contributed by atoms with van der Waals surface area (Å²) in [4.78, 5) is 22.7. The Morgan fingerprint density at radius 2 is 1.95 bits per heavy atom. The van der Waals surface area contributed by atoms with Gasteiger partial charge in [0.15, 0.2) is 0 Å². The molecule has 5 heteroatoms. The van der Waals surface area contributed by atoms with Crippen LogP contribution in [-0.2, 0) is 9.59 Å². The van der Waals surface area contributed by atoms with Crippen LogP contribution in [0.2, 0.25) is 0 Å². The first kappa shape index (κ1) is 14.8. The maximum atomic E-state index is 11.9. The van der Waals surface area contributed by atoms with Crippen LogP contribution in [0.5, 0.6) is 0 Å². The highest BCUT2D eigenvalue weighted by atomic mass is 79.9. The number of rotatable bonds is 5. The van der Waals surface area contributed by atoms with Gasteiger partial charge in [0.2, 0.25) is 5.91 Å². The standard InChI is InChI=1S/C15H16BrNO3/c16-12-5-2-11(3-6-12)4-7-13(18)17-15(8-1-9-15)10-14(19)20/h2-7H,1,8-10H2,(H,17,18)(H,19,20). The predicted octanol–water partition coefficient (Wildman–Crippen LogP) is 2.98. The molecule has 0 aliphatic heterocycles. The lowest BCUT2D eigenvalue weighted by molar-refractivity contribution is -0.140. The molecule has 1 aromatic carbocycles. The van der Waals surface area contributed by atoms with Gasteiger partial charge in [-0.15, -0.1) is 0 Å². The molecule has 2 rings (SSSR count). The van der Waals surface area contributed by atoms with E-state index in [0.717, 1.165) is 29.3 Å². The zero-order chi connectivity index (χ0) is 14.6. The molecular weight excluding hydrogens is 322 g/mol. The zero-order valence-corrected chi connectivity index (χ0v) is 12.5. The van der Waals surface area contributed by atoms with Gasteiger partial charge >= 0.3 is 5.97 Å². The van der Waals surface area contributed by atoms with E-state index in [1.807, 2.05) is 24.3 Å². The topological polar surface area (TPSA) is 66.4 Å². The number of carboxylic acid groups (broad SMARTS) is 1. The molecule has 0 aromatic heterocycles. The molecule has 0 atom stereocenters. The lowest BCUT2D eigenvalue weighted by atomic mass is 9.74. The van der Waals surface area contributed by atoms with Gasteiger partial charge in [-0.3, -0.25) is 9.59 Å². The quantitative estimate of drug-likeness (QED) is 0.811. The van der Waals surface area contributed by atoms with Crippen LogP contribution in [0.15, 0.2) is 34.8 Å². The highest BCUT2D eigenvalue weighted by molar-refractivity contribution is 9.10. The maximum absolute atomic E-state index is 11.9. The summed E-state index contributed by atoms with van der Waals surface area (Å²) < 4.78 is 0.981. The second kappa shape index (κ2) is 6.22. The summed E-state index contributed by atoms with van der Waals surface area (Å²) in [6, 6.07) is 7.58. The molecule has 0 saturated heterocycles. The van der Waals surface area contributed by atoms with Crippen molar-refractivity contribution < 1.29 is 14.7 Å². The monoisotopic (exact) mass is 337 g/mol. The van der Waals surface area contributed by atoms with Crippen LogP contribution < -0.4 is 5.32 Å². The van der Waals surface area contributed by atoms with E-state index >= 15 is 0 Å². The van der Waals surface area contributed by atoms with Crippen LogP contribution in [0, 0.1) is 0 Å². The van der Waals surface area contributed by atoms with Crippen molar-refractivity contribution in [1.29, 1.82) is 0 Å². The number of benzene rings is 1. The first-order valence-electron chi connectivity index (χ1n) is 6.47. The number of nitrogens with one attached hydrogen (secondary N) is 1. The summed E-state index contributed by atoms with van der Waals surface area (Å²) >= 11 is 3.35. The van der Waals surface area contributed by atoms with Crippen molar-refractivity contribution >= 4 is 33.9 Å². The summed E-state index contributed by atoms with van der Waals surface area (Å²) in [5.41, 5.74) is 0.372. The molecule has 4 nitrogen and oxygen atoms in total. The van der Waals surface area contributed by atoms with Crippen LogP contribution in [0.25, 0.3) is 6.08 Å². The molecule has 1 fully saturated rings. The third-order valence-corrected chi connectivity index (χ3v) is 4.01. The van der Waals surface area contributed by atoms with Crippen LogP contribution in [-0.4, -0.2) is 22.5 Å². The van der Waals surface area contributed by atoms with Gasteiger partial charge in [-0.2, -0.15) is 0 Å². The molecule has 1 amide bonds. The number of halogens is 1. The third-order valence-electron chi connectivity index (χ3n) is 3.49. The molecule has 0 radical (unpaired) electrons. The second-order valence-electron chi connectivity index (χ2n) is 5.08. The largest absolute Gasteiger partial charge is 0.481 e. The number of amides is 1. The summed E-state index contributed by atoms with van der Waals surface area (Å²) in [6.07, 6.45) is 5.59. The molecule has 1 saturated carbocycles. The Kier molecular flexibility index (Phi) is 4.60. The molecule has 1 aliphatic rings. The Bertz CT molecular complexity index is 533. The molecule has 1 aromatic rings. The summed E-state index contributed by atoms with van der Waals surface area (Å²) in [7, 11) is 0. The van der Waals surface area contributed by atoms with Crippen molar-refractivity contribution in [3.05, 3.63) is 40.4 Å². The normalized spacial score (nSPS) is 16.6. The molecule has 0 bridgehead atoms. The van der Waals surface area contributed by atoms with Crippen molar-refractivity contribution in [2.75, 3.05) is 0 Å². The van der Waals surface area contributed by atoms with E-state index in [1.54, 1.807) is 6.08 Å². The van der Waals surface area contributed by atoms with Gasteiger partial charge in [-0.1, -0.05) is 28.1 Å². The third kappa shape index (κ3) is 3.93. The molecule has 2 N–H and O–H groups in total. The van der Waals surface area contributed by atoms with E-state index in [1.165, 1.54) is 6.08 Å². The van der Waals surface area contributed by atoms with Crippen molar-refractivity contribution in [1.82, 2.24) is 5.32 Å². The number of hydrogen-bond donors (Lipinski definition) is 2. The van der Waals surface area contributed by atoms with E-state index in [9.17, 15) is 9.59 Å². The minimum atomic E-state index is -0.873.